The van der Waals surface area contributed by atoms with Crippen molar-refractivity contribution in [3.05, 3.63) is 77.9 Å². The second-order valence-corrected chi connectivity index (χ2v) is 5.08. The molecule has 21 heavy (non-hydrogen) atoms. The Hall–Kier alpha value is -2.61. The van der Waals surface area contributed by atoms with E-state index in [0.717, 1.165) is 21.9 Å². The first-order chi connectivity index (χ1) is 10.3. The Kier molecular flexibility index (Phi) is 3.69. The van der Waals surface area contributed by atoms with Gasteiger partial charge < -0.3 is 5.11 Å². The Morgan fingerprint density at radius 1 is 0.857 bits per heavy atom. The number of phenols is 1. The van der Waals surface area contributed by atoms with Crippen LogP contribution in [0.15, 0.2) is 66.7 Å². The van der Waals surface area contributed by atoms with E-state index in [-0.39, 0.29) is 11.5 Å². The van der Waals surface area contributed by atoms with Gasteiger partial charge in [-0.15, -0.1) is 0 Å². The number of phenolic OH excluding ortho intramolecular Hbond substituents is 1. The third kappa shape index (κ3) is 2.79. The molecule has 0 saturated carbocycles. The van der Waals surface area contributed by atoms with E-state index in [2.05, 4.69) is 0 Å². The van der Waals surface area contributed by atoms with Gasteiger partial charge in [0.25, 0.3) is 0 Å². The minimum Gasteiger partial charge on any atom is -0.507 e. The van der Waals surface area contributed by atoms with Crippen LogP contribution in [0.25, 0.3) is 10.8 Å². The molecule has 0 unspecified atom stereocenters. The highest BCUT2D eigenvalue weighted by atomic mass is 16.3. The maximum atomic E-state index is 12.1. The summed E-state index contributed by atoms with van der Waals surface area (Å²) >= 11 is 0. The number of aromatic hydroxyl groups is 1. The molecule has 0 spiro atoms. The van der Waals surface area contributed by atoms with Gasteiger partial charge in [-0.3, -0.25) is 4.79 Å². The van der Waals surface area contributed by atoms with Gasteiger partial charge in [-0.2, -0.15) is 0 Å². The molecule has 3 aromatic carbocycles. The average Bonchev–Trinajstić information content (AvgIpc) is 2.55. The first kappa shape index (κ1) is 13.4. The summed E-state index contributed by atoms with van der Waals surface area (Å²) in [4.78, 5) is 12.1. The lowest BCUT2D eigenvalue weighted by Gasteiger charge is -2.08. The Balaban J connectivity index is 1.80. The lowest BCUT2D eigenvalue weighted by Crippen LogP contribution is -2.01. The molecule has 0 fully saturated rings. The predicted octanol–water partition coefficient (Wildman–Crippen LogP) is 4.36. The van der Waals surface area contributed by atoms with Crippen LogP contribution in [0, 0.1) is 0 Å². The number of hydrogen-bond donors (Lipinski definition) is 1. The molecular weight excluding hydrogens is 260 g/mol. The molecule has 0 aromatic heterocycles. The molecule has 0 amide bonds. The fourth-order valence-electron chi connectivity index (χ4n) is 2.52. The third-order valence-electron chi connectivity index (χ3n) is 3.70. The van der Waals surface area contributed by atoms with Crippen molar-refractivity contribution in [2.75, 3.05) is 0 Å². The van der Waals surface area contributed by atoms with Crippen LogP contribution in [0.1, 0.15) is 22.3 Å². The zero-order valence-electron chi connectivity index (χ0n) is 11.6. The number of aryl methyl sites for hydroxylation is 1. The van der Waals surface area contributed by atoms with Gasteiger partial charge in [0.1, 0.15) is 5.75 Å². The van der Waals surface area contributed by atoms with Crippen molar-refractivity contribution in [2.24, 2.45) is 0 Å². The van der Waals surface area contributed by atoms with Gasteiger partial charge in [0, 0.05) is 17.4 Å². The van der Waals surface area contributed by atoms with E-state index in [4.69, 9.17) is 0 Å². The number of fused-ring (bicyclic) bond motifs is 1. The first-order valence-corrected chi connectivity index (χ1v) is 7.03. The van der Waals surface area contributed by atoms with E-state index in [1.165, 1.54) is 0 Å². The standard InChI is InChI=1S/C19H16O2/c20-18(15-7-2-1-3-8-15)13-12-16-11-10-14-6-4-5-9-17(14)19(16)21/h1-11,21H,12-13H2. The molecule has 0 aliphatic heterocycles. The molecule has 2 nitrogen and oxygen atoms in total. The van der Waals surface area contributed by atoms with Gasteiger partial charge in [-0.1, -0.05) is 66.7 Å². The molecule has 0 atom stereocenters. The van der Waals surface area contributed by atoms with Crippen LogP contribution in [0.4, 0.5) is 0 Å². The minimum atomic E-state index is 0.100. The molecule has 0 aliphatic carbocycles. The van der Waals surface area contributed by atoms with Gasteiger partial charge in [0.15, 0.2) is 5.78 Å². The van der Waals surface area contributed by atoms with Crippen molar-refractivity contribution in [1.82, 2.24) is 0 Å². The van der Waals surface area contributed by atoms with Crippen LogP contribution in [0.3, 0.4) is 0 Å². The lowest BCUT2D eigenvalue weighted by molar-refractivity contribution is 0.0983. The van der Waals surface area contributed by atoms with Crippen LogP contribution >= 0.6 is 0 Å². The van der Waals surface area contributed by atoms with Crippen molar-refractivity contribution in [1.29, 1.82) is 0 Å². The van der Waals surface area contributed by atoms with E-state index in [1.54, 1.807) is 0 Å². The van der Waals surface area contributed by atoms with E-state index in [9.17, 15) is 9.90 Å². The number of hydrogen-bond acceptors (Lipinski definition) is 2. The van der Waals surface area contributed by atoms with E-state index < -0.39 is 0 Å². The zero-order chi connectivity index (χ0) is 14.7. The van der Waals surface area contributed by atoms with Crippen LogP contribution in [0.5, 0.6) is 5.75 Å². The smallest absolute Gasteiger partial charge is 0.163 e. The molecule has 0 heterocycles. The van der Waals surface area contributed by atoms with Crippen LogP contribution < -0.4 is 0 Å². The third-order valence-corrected chi connectivity index (χ3v) is 3.70. The Bertz CT molecular complexity index is 776. The fourth-order valence-corrected chi connectivity index (χ4v) is 2.52. The molecular formula is C19H16O2. The summed E-state index contributed by atoms with van der Waals surface area (Å²) in [6.45, 7) is 0. The van der Waals surface area contributed by atoms with Crippen LogP contribution in [-0.4, -0.2) is 10.9 Å². The topological polar surface area (TPSA) is 37.3 Å². The molecule has 3 aromatic rings. The van der Waals surface area contributed by atoms with Gasteiger partial charge in [-0.05, 0) is 17.4 Å². The second kappa shape index (κ2) is 5.80. The van der Waals surface area contributed by atoms with Gasteiger partial charge in [0.05, 0.1) is 0 Å². The maximum absolute atomic E-state index is 12.1. The SMILES string of the molecule is O=C(CCc1ccc2ccccc2c1O)c1ccccc1. The molecule has 0 bridgehead atoms. The molecule has 3 rings (SSSR count). The van der Waals surface area contributed by atoms with Crippen molar-refractivity contribution in [2.45, 2.75) is 12.8 Å². The summed E-state index contributed by atoms with van der Waals surface area (Å²) < 4.78 is 0. The summed E-state index contributed by atoms with van der Waals surface area (Å²) in [5.74, 6) is 0.386. The molecule has 1 N–H and O–H groups in total. The van der Waals surface area contributed by atoms with E-state index in [1.807, 2.05) is 66.7 Å². The highest BCUT2D eigenvalue weighted by Gasteiger charge is 2.09. The van der Waals surface area contributed by atoms with Crippen LogP contribution in [-0.2, 0) is 6.42 Å². The molecule has 0 aliphatic rings. The highest BCUT2D eigenvalue weighted by molar-refractivity contribution is 5.96. The summed E-state index contributed by atoms with van der Waals surface area (Å²) in [6, 6.07) is 20.9. The summed E-state index contributed by atoms with van der Waals surface area (Å²) in [5.41, 5.74) is 1.54. The zero-order valence-corrected chi connectivity index (χ0v) is 11.6. The van der Waals surface area contributed by atoms with Crippen molar-refractivity contribution >= 4 is 16.6 Å². The number of benzene rings is 3. The second-order valence-electron chi connectivity index (χ2n) is 5.08. The number of rotatable bonds is 4. The predicted molar refractivity (Wildman–Crippen MR) is 84.7 cm³/mol. The first-order valence-electron chi connectivity index (χ1n) is 7.03. The van der Waals surface area contributed by atoms with E-state index >= 15 is 0 Å². The van der Waals surface area contributed by atoms with Crippen molar-refractivity contribution in [3.8, 4) is 5.75 Å². The normalized spacial score (nSPS) is 10.7. The molecule has 0 saturated heterocycles. The van der Waals surface area contributed by atoms with Gasteiger partial charge in [0.2, 0.25) is 0 Å². The summed E-state index contributed by atoms with van der Waals surface area (Å²) in [5, 5.41) is 12.2. The average molecular weight is 276 g/mol. The van der Waals surface area contributed by atoms with Crippen molar-refractivity contribution in [3.63, 3.8) is 0 Å². The summed E-state index contributed by atoms with van der Waals surface area (Å²) in [6.07, 6.45) is 0.945. The maximum Gasteiger partial charge on any atom is 0.163 e. The molecule has 104 valence electrons. The monoisotopic (exact) mass is 276 g/mol. The van der Waals surface area contributed by atoms with Gasteiger partial charge >= 0.3 is 0 Å². The Morgan fingerprint density at radius 3 is 2.38 bits per heavy atom. The highest BCUT2D eigenvalue weighted by Crippen LogP contribution is 2.29. The Labute approximate surface area is 123 Å². The van der Waals surface area contributed by atoms with E-state index in [0.29, 0.717) is 12.8 Å². The number of carbonyl (C=O) groups excluding carboxylic acids is 1. The summed E-state index contributed by atoms with van der Waals surface area (Å²) in [7, 11) is 0. The van der Waals surface area contributed by atoms with Gasteiger partial charge in [-0.25, -0.2) is 0 Å². The number of ketones is 1. The fraction of sp³-hybridized carbons (Fsp3) is 0.105. The lowest BCUT2D eigenvalue weighted by atomic mass is 9.99. The quantitative estimate of drug-likeness (QED) is 0.719. The molecule has 2 heteroatoms. The van der Waals surface area contributed by atoms with Crippen LogP contribution in [0.2, 0.25) is 0 Å². The minimum absolute atomic E-state index is 0.100. The molecule has 0 radical (unpaired) electrons. The largest absolute Gasteiger partial charge is 0.507 e. The van der Waals surface area contributed by atoms with Crippen molar-refractivity contribution < 1.29 is 9.90 Å². The number of carbonyl (C=O) groups is 1. The Morgan fingerprint density at radius 2 is 1.57 bits per heavy atom. The number of Topliss-reactive ketones (excluding diaryl/α,β-unsaturated/α-hetero) is 1.